The summed E-state index contributed by atoms with van der Waals surface area (Å²) < 4.78 is 51.5. The van der Waals surface area contributed by atoms with Crippen LogP contribution < -0.4 is 9.21 Å². The van der Waals surface area contributed by atoms with Gasteiger partial charge >= 0.3 is 0 Å². The van der Waals surface area contributed by atoms with Gasteiger partial charge in [-0.05, 0) is 42.3 Å². The fourth-order valence-corrected chi connectivity index (χ4v) is 5.54. The number of rotatable bonds is 6. The lowest BCUT2D eigenvalue weighted by Gasteiger charge is -2.26. The average Bonchev–Trinajstić information content (AvgIpc) is 3.10. The first kappa shape index (κ1) is 23.8. The van der Waals surface area contributed by atoms with Gasteiger partial charge < -0.3 is 4.90 Å². The molecule has 0 bridgehead atoms. The van der Waals surface area contributed by atoms with Crippen molar-refractivity contribution in [3.8, 4) is 0 Å². The van der Waals surface area contributed by atoms with Crippen molar-refractivity contribution in [3.63, 3.8) is 0 Å². The third-order valence-electron chi connectivity index (χ3n) is 4.91. The molecule has 8 nitrogen and oxygen atoms in total. The molecule has 0 fully saturated rings. The van der Waals surface area contributed by atoms with Crippen molar-refractivity contribution in [1.29, 1.82) is 0 Å². The molecule has 1 aliphatic heterocycles. The summed E-state index contributed by atoms with van der Waals surface area (Å²) in [6, 6.07) is 9.07. The monoisotopic (exact) mass is 505 g/mol. The smallest absolute Gasteiger partial charge is 0.247 e. The minimum atomic E-state index is -3.84. The first-order valence-electron chi connectivity index (χ1n) is 9.11. The molecule has 31 heavy (non-hydrogen) atoms. The van der Waals surface area contributed by atoms with Crippen LogP contribution in [0.1, 0.15) is 5.56 Å². The van der Waals surface area contributed by atoms with Gasteiger partial charge in [0.25, 0.3) is 0 Å². The molecule has 0 N–H and O–H groups in total. The molecule has 0 aliphatic carbocycles. The molecule has 0 saturated heterocycles. The second-order valence-electron chi connectivity index (χ2n) is 7.22. The highest BCUT2D eigenvalue weighted by Gasteiger charge is 2.31. The minimum Gasteiger partial charge on any atom is -0.310 e. The van der Waals surface area contributed by atoms with E-state index in [2.05, 4.69) is 0 Å². The average molecular weight is 506 g/mol. The Morgan fingerprint density at radius 2 is 1.77 bits per heavy atom. The first-order chi connectivity index (χ1) is 14.3. The van der Waals surface area contributed by atoms with Gasteiger partial charge in [-0.3, -0.25) is 9.10 Å². The third kappa shape index (κ3) is 4.68. The quantitative estimate of drug-likeness (QED) is 0.601. The van der Waals surface area contributed by atoms with Crippen LogP contribution in [0, 0.1) is 0 Å². The van der Waals surface area contributed by atoms with E-state index in [4.69, 9.17) is 23.2 Å². The molecule has 1 amide bonds. The van der Waals surface area contributed by atoms with Crippen LogP contribution in [-0.2, 0) is 31.3 Å². The Balaban J connectivity index is 1.92. The minimum absolute atomic E-state index is 0.0303. The van der Waals surface area contributed by atoms with E-state index in [0.29, 0.717) is 24.2 Å². The lowest BCUT2D eigenvalue weighted by molar-refractivity contribution is -0.117. The molecule has 168 valence electrons. The molecule has 1 heterocycles. The van der Waals surface area contributed by atoms with Crippen molar-refractivity contribution in [1.82, 2.24) is 4.31 Å². The van der Waals surface area contributed by atoms with E-state index in [1.54, 1.807) is 18.2 Å². The van der Waals surface area contributed by atoms with Gasteiger partial charge in [0.15, 0.2) is 0 Å². The molecule has 0 saturated carbocycles. The van der Waals surface area contributed by atoms with Gasteiger partial charge in [0.1, 0.15) is 6.54 Å². The Hall–Kier alpha value is -1.85. The molecule has 3 rings (SSSR count). The van der Waals surface area contributed by atoms with Gasteiger partial charge in [0.2, 0.25) is 26.0 Å². The summed E-state index contributed by atoms with van der Waals surface area (Å²) in [5, 5.41) is 0.198. The summed E-state index contributed by atoms with van der Waals surface area (Å²) in [5.74, 6) is -0.469. The van der Waals surface area contributed by atoms with E-state index < -0.39 is 32.5 Å². The topological polar surface area (TPSA) is 95.1 Å². The highest BCUT2D eigenvalue weighted by Crippen LogP contribution is 2.35. The highest BCUT2D eigenvalue weighted by atomic mass is 35.5. The van der Waals surface area contributed by atoms with Crippen molar-refractivity contribution >= 4 is 60.5 Å². The van der Waals surface area contributed by atoms with E-state index >= 15 is 0 Å². The molecule has 12 heteroatoms. The maximum Gasteiger partial charge on any atom is 0.247 e. The summed E-state index contributed by atoms with van der Waals surface area (Å²) in [7, 11) is -4.55. The third-order valence-corrected chi connectivity index (χ3v) is 8.65. The molecule has 0 unspecified atom stereocenters. The van der Waals surface area contributed by atoms with Crippen molar-refractivity contribution in [3.05, 3.63) is 52.0 Å². The van der Waals surface area contributed by atoms with Crippen LogP contribution in [0.15, 0.2) is 41.3 Å². The molecule has 2 aromatic carbocycles. The van der Waals surface area contributed by atoms with Crippen LogP contribution in [0.25, 0.3) is 0 Å². The Kier molecular flexibility index (Phi) is 6.60. The second kappa shape index (κ2) is 8.59. The van der Waals surface area contributed by atoms with Crippen molar-refractivity contribution in [2.75, 3.05) is 42.6 Å². The number of anilines is 2. The van der Waals surface area contributed by atoms with Crippen molar-refractivity contribution in [2.45, 2.75) is 11.3 Å². The van der Waals surface area contributed by atoms with Crippen LogP contribution in [0.5, 0.6) is 0 Å². The fourth-order valence-electron chi connectivity index (χ4n) is 3.28. The summed E-state index contributed by atoms with van der Waals surface area (Å²) in [4.78, 5) is 14.6. The Morgan fingerprint density at radius 1 is 1.10 bits per heavy atom. The summed E-state index contributed by atoms with van der Waals surface area (Å²) in [6.07, 6.45) is 1.43. The molecule has 2 aromatic rings. The van der Waals surface area contributed by atoms with Crippen molar-refractivity contribution in [2.24, 2.45) is 0 Å². The van der Waals surface area contributed by atoms with Crippen molar-refractivity contribution < 1.29 is 21.6 Å². The highest BCUT2D eigenvalue weighted by molar-refractivity contribution is 7.92. The molecule has 0 atom stereocenters. The zero-order valence-corrected chi connectivity index (χ0v) is 20.2. The number of hydrogen-bond donors (Lipinski definition) is 0. The van der Waals surface area contributed by atoms with Crippen LogP contribution in [-0.4, -0.2) is 60.5 Å². The normalized spacial score (nSPS) is 14.1. The molecule has 0 aromatic heterocycles. The second-order valence-corrected chi connectivity index (χ2v) is 12.1. The van der Waals surface area contributed by atoms with Gasteiger partial charge in [-0.1, -0.05) is 29.3 Å². The number of carbonyl (C=O) groups excluding carboxylic acids is 1. The van der Waals surface area contributed by atoms with Crippen LogP contribution >= 0.6 is 23.2 Å². The maximum absolute atomic E-state index is 13.0. The largest absolute Gasteiger partial charge is 0.310 e. The van der Waals surface area contributed by atoms with Crippen LogP contribution in [0.2, 0.25) is 10.0 Å². The zero-order chi connectivity index (χ0) is 23.1. The number of sulfonamides is 2. The van der Waals surface area contributed by atoms with E-state index in [1.165, 1.54) is 37.2 Å². The SMILES string of the molecule is CN(C)S(=O)(=O)c1ccc2c(c1)CCN2C(=O)CN(c1cccc(Cl)c1Cl)S(C)(=O)=O. The fraction of sp³-hybridized carbons (Fsp3) is 0.316. The number of hydrogen-bond acceptors (Lipinski definition) is 5. The summed E-state index contributed by atoms with van der Waals surface area (Å²) in [5.41, 5.74) is 1.35. The maximum atomic E-state index is 13.0. The van der Waals surface area contributed by atoms with Crippen LogP contribution in [0.4, 0.5) is 11.4 Å². The Morgan fingerprint density at radius 3 is 2.39 bits per heavy atom. The lowest BCUT2D eigenvalue weighted by atomic mass is 10.2. The molecule has 0 radical (unpaired) electrons. The Bertz CT molecular complexity index is 1250. The molecule has 0 spiro atoms. The number of nitrogens with zero attached hydrogens (tertiary/aromatic N) is 3. The molecule has 1 aliphatic rings. The zero-order valence-electron chi connectivity index (χ0n) is 17.0. The molecular formula is C19H21Cl2N3O5S2. The van der Waals surface area contributed by atoms with E-state index in [9.17, 15) is 21.6 Å². The van der Waals surface area contributed by atoms with Gasteiger partial charge in [0.05, 0.1) is 26.9 Å². The number of amides is 1. The van der Waals surface area contributed by atoms with E-state index in [-0.39, 0.29) is 20.6 Å². The van der Waals surface area contributed by atoms with E-state index in [1.807, 2.05) is 0 Å². The standard InChI is InChI=1S/C19H21Cl2N3O5S2/c1-22(2)31(28,29)14-7-8-16-13(11-14)9-10-23(16)18(25)12-24(30(3,26)27)17-6-4-5-15(20)19(17)21/h4-8,11H,9-10,12H2,1-3H3. The van der Waals surface area contributed by atoms with Gasteiger partial charge in [-0.2, -0.15) is 0 Å². The predicted octanol–water partition coefficient (Wildman–Crippen LogP) is 2.60. The summed E-state index contributed by atoms with van der Waals surface area (Å²) >= 11 is 12.2. The number of fused-ring (bicyclic) bond motifs is 1. The predicted molar refractivity (Wildman–Crippen MR) is 122 cm³/mol. The number of halogens is 2. The van der Waals surface area contributed by atoms with E-state index in [0.717, 1.165) is 14.9 Å². The van der Waals surface area contributed by atoms with Gasteiger partial charge in [-0.15, -0.1) is 0 Å². The van der Waals surface area contributed by atoms with Gasteiger partial charge in [-0.25, -0.2) is 21.1 Å². The lowest BCUT2D eigenvalue weighted by Crippen LogP contribution is -2.42. The number of benzene rings is 2. The molecular weight excluding hydrogens is 485 g/mol. The van der Waals surface area contributed by atoms with Gasteiger partial charge in [0, 0.05) is 26.3 Å². The first-order valence-corrected chi connectivity index (χ1v) is 13.2. The summed E-state index contributed by atoms with van der Waals surface area (Å²) in [6.45, 7) is -0.170. The Labute approximate surface area is 192 Å². The number of carbonyl (C=O) groups is 1. The van der Waals surface area contributed by atoms with Crippen LogP contribution in [0.3, 0.4) is 0 Å².